The van der Waals surface area contributed by atoms with Gasteiger partial charge in [-0.25, -0.2) is 0 Å². The zero-order chi connectivity index (χ0) is 15.1. The van der Waals surface area contributed by atoms with Crippen LogP contribution in [0.4, 0.5) is 0 Å². The maximum atomic E-state index is 2.40. The Morgan fingerprint density at radius 1 is 0.727 bits per heavy atom. The lowest BCUT2D eigenvalue weighted by atomic mass is 9.91. The van der Waals surface area contributed by atoms with Gasteiger partial charge < -0.3 is 0 Å². The van der Waals surface area contributed by atoms with Crippen molar-refractivity contribution in [1.29, 1.82) is 0 Å². The summed E-state index contributed by atoms with van der Waals surface area (Å²) in [5.74, 6) is 0.796. The predicted molar refractivity (Wildman–Crippen MR) is 97.9 cm³/mol. The molecule has 4 rings (SSSR count). The van der Waals surface area contributed by atoms with Gasteiger partial charge >= 0.3 is 0 Å². The van der Waals surface area contributed by atoms with Gasteiger partial charge in [-0.3, -0.25) is 0 Å². The lowest BCUT2D eigenvalue weighted by Gasteiger charge is -2.13. The van der Waals surface area contributed by atoms with Gasteiger partial charge in [0.15, 0.2) is 0 Å². The van der Waals surface area contributed by atoms with Crippen molar-refractivity contribution in [1.82, 2.24) is 0 Å². The van der Waals surface area contributed by atoms with E-state index in [9.17, 15) is 0 Å². The third-order valence-corrected chi connectivity index (χ3v) is 4.77. The first-order valence-corrected chi connectivity index (χ1v) is 8.39. The van der Waals surface area contributed by atoms with Gasteiger partial charge in [0.05, 0.1) is 0 Å². The molecule has 0 saturated carbocycles. The standard InChI is InChI=1S/C22H22/c1-15(2)5-3-6-16-13-19-11-9-17-7-4-8-18-10-12-20(14-16)22(19)21(17)18/h4,7-15H,3,5-6H2,1-2H3. The fourth-order valence-electron chi connectivity index (χ4n) is 3.68. The minimum absolute atomic E-state index is 0.796. The smallest absolute Gasteiger partial charge is 0.00266 e. The van der Waals surface area contributed by atoms with Crippen LogP contribution >= 0.6 is 0 Å². The van der Waals surface area contributed by atoms with Crippen molar-refractivity contribution in [3.8, 4) is 0 Å². The summed E-state index contributed by atoms with van der Waals surface area (Å²) in [5, 5.41) is 8.34. The highest BCUT2D eigenvalue weighted by molar-refractivity contribution is 6.23. The number of hydrogen-bond acceptors (Lipinski definition) is 0. The first-order valence-electron chi connectivity index (χ1n) is 8.39. The molecule has 0 aliphatic carbocycles. The SMILES string of the molecule is CC(C)CCCc1cc2ccc3cccc4ccc(c1)c2c34. The monoisotopic (exact) mass is 286 g/mol. The minimum Gasteiger partial charge on any atom is -0.0628 e. The number of hydrogen-bond donors (Lipinski definition) is 0. The topological polar surface area (TPSA) is 0 Å². The van der Waals surface area contributed by atoms with Crippen LogP contribution in [-0.4, -0.2) is 0 Å². The largest absolute Gasteiger partial charge is 0.0628 e. The Hall–Kier alpha value is -2.08. The summed E-state index contributed by atoms with van der Waals surface area (Å²) in [6, 6.07) is 20.5. The van der Waals surface area contributed by atoms with Gasteiger partial charge in [0.25, 0.3) is 0 Å². The van der Waals surface area contributed by atoms with Crippen molar-refractivity contribution in [3.63, 3.8) is 0 Å². The van der Waals surface area contributed by atoms with E-state index in [1.54, 1.807) is 0 Å². The van der Waals surface area contributed by atoms with Crippen molar-refractivity contribution in [3.05, 3.63) is 60.2 Å². The second-order valence-corrected chi connectivity index (χ2v) is 6.91. The summed E-state index contributed by atoms with van der Waals surface area (Å²) in [7, 11) is 0. The van der Waals surface area contributed by atoms with Crippen LogP contribution in [0, 0.1) is 5.92 Å². The molecule has 0 radical (unpaired) electrons. The highest BCUT2D eigenvalue weighted by Crippen LogP contribution is 2.35. The zero-order valence-corrected chi connectivity index (χ0v) is 13.4. The van der Waals surface area contributed by atoms with Gasteiger partial charge in [-0.05, 0) is 56.6 Å². The van der Waals surface area contributed by atoms with Crippen molar-refractivity contribution in [2.75, 3.05) is 0 Å². The summed E-state index contributed by atoms with van der Waals surface area (Å²) in [6.45, 7) is 4.61. The highest BCUT2D eigenvalue weighted by Gasteiger charge is 2.09. The molecule has 22 heavy (non-hydrogen) atoms. The summed E-state index contributed by atoms with van der Waals surface area (Å²) in [6.07, 6.45) is 3.78. The van der Waals surface area contributed by atoms with E-state index in [-0.39, 0.29) is 0 Å². The average molecular weight is 286 g/mol. The third-order valence-electron chi connectivity index (χ3n) is 4.77. The maximum Gasteiger partial charge on any atom is -0.00266 e. The van der Waals surface area contributed by atoms with Gasteiger partial charge in [0.1, 0.15) is 0 Å². The second-order valence-electron chi connectivity index (χ2n) is 6.91. The summed E-state index contributed by atoms with van der Waals surface area (Å²) in [5.41, 5.74) is 1.48. The van der Waals surface area contributed by atoms with Crippen molar-refractivity contribution in [2.24, 2.45) is 5.92 Å². The fraction of sp³-hybridized carbons (Fsp3) is 0.273. The van der Waals surface area contributed by atoms with Crippen molar-refractivity contribution >= 4 is 32.3 Å². The van der Waals surface area contributed by atoms with Crippen LogP contribution in [0.5, 0.6) is 0 Å². The molecule has 0 saturated heterocycles. The molecule has 0 bridgehead atoms. The Kier molecular flexibility index (Phi) is 3.26. The first kappa shape index (κ1) is 13.6. The zero-order valence-electron chi connectivity index (χ0n) is 13.4. The van der Waals surface area contributed by atoms with Crippen LogP contribution in [0.15, 0.2) is 54.6 Å². The van der Waals surface area contributed by atoms with E-state index in [4.69, 9.17) is 0 Å². The van der Waals surface area contributed by atoms with Gasteiger partial charge in [-0.1, -0.05) is 74.9 Å². The normalized spacial score (nSPS) is 12.1. The molecule has 0 unspecified atom stereocenters. The molecule has 4 aromatic rings. The van der Waals surface area contributed by atoms with Crippen molar-refractivity contribution in [2.45, 2.75) is 33.1 Å². The van der Waals surface area contributed by atoms with Crippen LogP contribution in [0.1, 0.15) is 32.3 Å². The summed E-state index contributed by atoms with van der Waals surface area (Å²) in [4.78, 5) is 0. The molecule has 0 atom stereocenters. The van der Waals surface area contributed by atoms with Gasteiger partial charge in [0.2, 0.25) is 0 Å². The van der Waals surface area contributed by atoms with Gasteiger partial charge in [0, 0.05) is 0 Å². The van der Waals surface area contributed by atoms with Crippen LogP contribution in [0.3, 0.4) is 0 Å². The molecule has 0 heteroatoms. The molecular formula is C22H22. The van der Waals surface area contributed by atoms with E-state index in [1.807, 2.05) is 0 Å². The number of rotatable bonds is 4. The molecule has 0 heterocycles. The van der Waals surface area contributed by atoms with Gasteiger partial charge in [-0.2, -0.15) is 0 Å². The molecule has 0 aliphatic rings. The van der Waals surface area contributed by atoms with Crippen LogP contribution in [0.2, 0.25) is 0 Å². The molecule has 4 aromatic carbocycles. The molecule has 0 amide bonds. The van der Waals surface area contributed by atoms with E-state index < -0.39 is 0 Å². The maximum absolute atomic E-state index is 2.40. The average Bonchev–Trinajstić information content (AvgIpc) is 2.52. The Balaban J connectivity index is 1.86. The number of aryl methyl sites for hydroxylation is 1. The predicted octanol–water partition coefficient (Wildman–Crippen LogP) is 6.56. The Morgan fingerprint density at radius 3 is 1.86 bits per heavy atom. The van der Waals surface area contributed by atoms with Crippen LogP contribution < -0.4 is 0 Å². The third kappa shape index (κ3) is 2.23. The van der Waals surface area contributed by atoms with Crippen LogP contribution in [-0.2, 0) is 6.42 Å². The molecule has 0 aromatic heterocycles. The lowest BCUT2D eigenvalue weighted by molar-refractivity contribution is 0.556. The lowest BCUT2D eigenvalue weighted by Crippen LogP contribution is -1.92. The quantitative estimate of drug-likeness (QED) is 0.372. The van der Waals surface area contributed by atoms with E-state index in [2.05, 4.69) is 68.4 Å². The summed E-state index contributed by atoms with van der Waals surface area (Å²) >= 11 is 0. The molecule has 0 nitrogen and oxygen atoms in total. The molecule has 0 N–H and O–H groups in total. The highest BCUT2D eigenvalue weighted by atomic mass is 14.1. The first-order chi connectivity index (χ1) is 10.7. The van der Waals surface area contributed by atoms with E-state index in [1.165, 1.54) is 57.1 Å². The number of benzene rings is 4. The van der Waals surface area contributed by atoms with Crippen molar-refractivity contribution < 1.29 is 0 Å². The van der Waals surface area contributed by atoms with E-state index in [0.717, 1.165) is 5.92 Å². The molecule has 0 fully saturated rings. The van der Waals surface area contributed by atoms with E-state index >= 15 is 0 Å². The molecular weight excluding hydrogens is 264 g/mol. The van der Waals surface area contributed by atoms with Crippen LogP contribution in [0.25, 0.3) is 32.3 Å². The Labute approximate surface area is 132 Å². The second kappa shape index (κ2) is 5.28. The fourth-order valence-corrected chi connectivity index (χ4v) is 3.68. The Bertz CT molecular complexity index is 867. The minimum atomic E-state index is 0.796. The molecule has 0 spiro atoms. The summed E-state index contributed by atoms with van der Waals surface area (Å²) < 4.78 is 0. The molecule has 0 aliphatic heterocycles. The van der Waals surface area contributed by atoms with Gasteiger partial charge in [-0.15, -0.1) is 0 Å². The van der Waals surface area contributed by atoms with E-state index in [0.29, 0.717) is 0 Å². The Morgan fingerprint density at radius 2 is 1.27 bits per heavy atom. The molecule has 110 valence electrons.